The van der Waals surface area contributed by atoms with Crippen LogP contribution in [0.5, 0.6) is 11.5 Å². The maximum atomic E-state index is 14.0. The third-order valence-corrected chi connectivity index (χ3v) is 12.2. The van der Waals surface area contributed by atoms with E-state index in [0.29, 0.717) is 6.42 Å². The Bertz CT molecular complexity index is 1910. The van der Waals surface area contributed by atoms with E-state index in [-0.39, 0.29) is 23.9 Å². The number of methoxy groups -OCH3 is 1. The zero-order valence-electron chi connectivity index (χ0n) is 25.0. The Balaban J connectivity index is 1.22. The molecule has 44 heavy (non-hydrogen) atoms. The maximum Gasteiger partial charge on any atom is 0.166 e. The number of likely N-dealkylation sites (tertiary alicyclic amines) is 1. The second-order valence-corrected chi connectivity index (χ2v) is 14.2. The molecule has 2 aliphatic heterocycles. The summed E-state index contributed by atoms with van der Waals surface area (Å²) >= 11 is 0. The Hall–Kier alpha value is -3.67. The number of aliphatic hydroxyl groups is 1. The lowest BCUT2D eigenvalue weighted by Gasteiger charge is -2.63. The van der Waals surface area contributed by atoms with E-state index in [1.165, 1.54) is 57.0 Å². The smallest absolute Gasteiger partial charge is 0.166 e. The average Bonchev–Trinajstić information content (AvgIpc) is 3.71. The molecule has 2 heterocycles. The standard InChI is InChI=1S/C39H36FNO3/c1-43-31-15-11-25-19-32-39(42)20-30-28-14-10-24-4-2-3-5-27(24)33(28)29(18-22-8-12-26(40)13-9-22)34(30)37-38(39,35(25)36(31)44-37)16-17-41(32)21-23-6-7-23/h2-5,8-15,23,29,32,37,42H,6-7,16-21H2,1H3/t29?,32-,37?,38+,39?/m1/s1. The van der Waals surface area contributed by atoms with Crippen LogP contribution in [0, 0.1) is 11.7 Å². The third kappa shape index (κ3) is 3.14. The van der Waals surface area contributed by atoms with Crippen molar-refractivity contribution < 1.29 is 19.0 Å². The summed E-state index contributed by atoms with van der Waals surface area (Å²) in [6.07, 6.45) is 5.39. The highest BCUT2D eigenvalue weighted by Crippen LogP contribution is 2.70. The number of benzene rings is 4. The average molecular weight is 586 g/mol. The minimum atomic E-state index is -0.956. The van der Waals surface area contributed by atoms with Crippen LogP contribution in [0.3, 0.4) is 0 Å². The molecule has 10 rings (SSSR count). The maximum absolute atomic E-state index is 14.0. The number of fused-ring (bicyclic) bond motifs is 5. The van der Waals surface area contributed by atoms with Crippen LogP contribution >= 0.6 is 0 Å². The van der Waals surface area contributed by atoms with Crippen LogP contribution in [0.25, 0.3) is 16.3 Å². The van der Waals surface area contributed by atoms with Gasteiger partial charge in [0.2, 0.25) is 0 Å². The molecule has 0 amide bonds. The van der Waals surface area contributed by atoms with Gasteiger partial charge in [-0.25, -0.2) is 4.39 Å². The molecule has 1 saturated carbocycles. The summed E-state index contributed by atoms with van der Waals surface area (Å²) in [5, 5.41) is 15.9. The number of halogens is 1. The number of nitrogens with zero attached hydrogens (tertiary/aromatic N) is 1. The highest BCUT2D eigenvalue weighted by Gasteiger charge is 2.73. The van der Waals surface area contributed by atoms with E-state index in [1.54, 1.807) is 19.2 Å². The minimum absolute atomic E-state index is 0.0453. The van der Waals surface area contributed by atoms with Crippen molar-refractivity contribution in [3.05, 3.63) is 112 Å². The topological polar surface area (TPSA) is 41.9 Å². The monoisotopic (exact) mass is 585 g/mol. The van der Waals surface area contributed by atoms with E-state index < -0.39 is 11.0 Å². The molecule has 0 aromatic heterocycles. The van der Waals surface area contributed by atoms with Gasteiger partial charge in [-0.3, -0.25) is 4.90 Å². The molecule has 4 aromatic carbocycles. The second kappa shape index (κ2) is 8.74. The van der Waals surface area contributed by atoms with Crippen molar-refractivity contribution in [3.63, 3.8) is 0 Å². The van der Waals surface area contributed by atoms with E-state index in [9.17, 15) is 9.50 Å². The first-order valence-corrected chi connectivity index (χ1v) is 16.3. The Morgan fingerprint density at radius 1 is 1.02 bits per heavy atom. The van der Waals surface area contributed by atoms with Crippen LogP contribution in [-0.2, 0) is 18.3 Å². The molecule has 3 unspecified atom stereocenters. The van der Waals surface area contributed by atoms with E-state index in [0.717, 1.165) is 55.3 Å². The highest BCUT2D eigenvalue weighted by atomic mass is 19.1. The Labute approximate surface area is 257 Å². The quantitative estimate of drug-likeness (QED) is 0.275. The van der Waals surface area contributed by atoms with Gasteiger partial charge in [0.15, 0.2) is 11.5 Å². The normalized spacial score (nSPS) is 31.0. The molecular formula is C39H36FNO3. The van der Waals surface area contributed by atoms with Crippen molar-refractivity contribution in [2.45, 2.75) is 67.6 Å². The molecule has 1 N–H and O–H groups in total. The number of ether oxygens (including phenoxy) is 2. The van der Waals surface area contributed by atoms with Crippen LogP contribution in [0.4, 0.5) is 4.39 Å². The van der Waals surface area contributed by atoms with Crippen molar-refractivity contribution in [1.82, 2.24) is 4.90 Å². The molecule has 5 atom stereocenters. The van der Waals surface area contributed by atoms with Gasteiger partial charge < -0.3 is 14.6 Å². The number of hydrogen-bond donors (Lipinski definition) is 1. The first-order valence-electron chi connectivity index (χ1n) is 16.3. The van der Waals surface area contributed by atoms with Gasteiger partial charge in [-0.05, 0) is 107 Å². The fourth-order valence-electron chi connectivity index (χ4n) is 10.2. The number of rotatable bonds is 5. The first kappa shape index (κ1) is 25.6. The van der Waals surface area contributed by atoms with Crippen molar-refractivity contribution in [2.24, 2.45) is 5.92 Å². The second-order valence-electron chi connectivity index (χ2n) is 14.2. The predicted octanol–water partition coefficient (Wildman–Crippen LogP) is 6.96. The van der Waals surface area contributed by atoms with Crippen molar-refractivity contribution in [2.75, 3.05) is 20.2 Å². The summed E-state index contributed by atoms with van der Waals surface area (Å²) in [5.41, 5.74) is 7.26. The predicted molar refractivity (Wildman–Crippen MR) is 169 cm³/mol. The van der Waals surface area contributed by atoms with Gasteiger partial charge in [-0.15, -0.1) is 0 Å². The molecule has 1 spiro atoms. The lowest BCUT2D eigenvalue weighted by molar-refractivity contribution is -0.162. The minimum Gasteiger partial charge on any atom is -0.493 e. The van der Waals surface area contributed by atoms with Crippen LogP contribution in [0.15, 0.2) is 78.4 Å². The van der Waals surface area contributed by atoms with Crippen molar-refractivity contribution >= 4 is 16.3 Å². The van der Waals surface area contributed by atoms with Gasteiger partial charge in [0.1, 0.15) is 11.9 Å². The van der Waals surface area contributed by atoms with Crippen LogP contribution in [0.2, 0.25) is 0 Å². The van der Waals surface area contributed by atoms with E-state index in [4.69, 9.17) is 9.47 Å². The fraction of sp³-hybridized carbons (Fsp3) is 0.385. The van der Waals surface area contributed by atoms with Crippen LogP contribution < -0.4 is 9.47 Å². The first-order chi connectivity index (χ1) is 21.5. The Kier molecular flexibility index (Phi) is 5.09. The molecule has 6 aliphatic rings. The molecule has 222 valence electrons. The Morgan fingerprint density at radius 2 is 1.86 bits per heavy atom. The molecule has 4 nitrogen and oxygen atoms in total. The summed E-state index contributed by atoms with van der Waals surface area (Å²) in [7, 11) is 1.72. The highest BCUT2D eigenvalue weighted by molar-refractivity contribution is 5.96. The number of piperidine rings is 1. The largest absolute Gasteiger partial charge is 0.493 e. The van der Waals surface area contributed by atoms with Crippen molar-refractivity contribution in [3.8, 4) is 11.5 Å². The molecule has 5 heteroatoms. The molecule has 4 aromatic rings. The van der Waals surface area contributed by atoms with Gasteiger partial charge in [0.05, 0.1) is 18.1 Å². The molecule has 2 bridgehead atoms. The third-order valence-electron chi connectivity index (χ3n) is 12.2. The van der Waals surface area contributed by atoms with E-state index in [1.807, 2.05) is 12.1 Å². The molecule has 1 saturated heterocycles. The van der Waals surface area contributed by atoms with Gasteiger partial charge in [-0.1, -0.05) is 54.6 Å². The molecular weight excluding hydrogens is 549 g/mol. The van der Waals surface area contributed by atoms with Gasteiger partial charge in [-0.2, -0.15) is 0 Å². The summed E-state index contributed by atoms with van der Waals surface area (Å²) in [4.78, 5) is 2.63. The molecule has 2 fully saturated rings. The molecule has 4 aliphatic carbocycles. The zero-order chi connectivity index (χ0) is 29.4. The Morgan fingerprint density at radius 3 is 2.68 bits per heavy atom. The van der Waals surface area contributed by atoms with Crippen molar-refractivity contribution in [1.29, 1.82) is 0 Å². The SMILES string of the molecule is COc1ccc2c3c1OC1C4=C(CC5(O)[C@@H](C2)N(CC2CC2)CC[C@]315)c1ccc2ccccc2c1C4Cc1ccc(F)cc1. The summed E-state index contributed by atoms with van der Waals surface area (Å²) < 4.78 is 27.2. The van der Waals surface area contributed by atoms with Crippen LogP contribution in [-0.4, -0.2) is 48.0 Å². The van der Waals surface area contributed by atoms with E-state index in [2.05, 4.69) is 53.4 Å². The number of hydrogen-bond acceptors (Lipinski definition) is 4. The summed E-state index contributed by atoms with van der Waals surface area (Å²) in [6.45, 7) is 2.05. The lowest BCUT2D eigenvalue weighted by Crippen LogP contribution is -2.75. The van der Waals surface area contributed by atoms with Gasteiger partial charge in [0, 0.05) is 30.5 Å². The fourth-order valence-corrected chi connectivity index (χ4v) is 10.2. The van der Waals surface area contributed by atoms with Gasteiger partial charge in [0.25, 0.3) is 0 Å². The summed E-state index contributed by atoms with van der Waals surface area (Å²) in [6, 6.07) is 24.5. The van der Waals surface area contributed by atoms with E-state index >= 15 is 0 Å². The van der Waals surface area contributed by atoms with Crippen LogP contribution in [0.1, 0.15) is 59.4 Å². The zero-order valence-corrected chi connectivity index (χ0v) is 25.0. The van der Waals surface area contributed by atoms with Gasteiger partial charge >= 0.3 is 0 Å². The lowest BCUT2D eigenvalue weighted by atomic mass is 9.48. The summed E-state index contributed by atoms with van der Waals surface area (Å²) in [5.74, 6) is 2.19. The molecule has 0 radical (unpaired) electrons.